The minimum atomic E-state index is -1.00. The predicted molar refractivity (Wildman–Crippen MR) is 145 cm³/mol. The largest absolute Gasteiger partial charge is 0.345 e. The van der Waals surface area contributed by atoms with Gasteiger partial charge in [-0.2, -0.15) is 0 Å². The minimum absolute atomic E-state index is 0.0237. The Labute approximate surface area is 218 Å². The Morgan fingerprint density at radius 3 is 2.14 bits per heavy atom. The van der Waals surface area contributed by atoms with Gasteiger partial charge in [-0.25, -0.2) is 9.69 Å². The van der Waals surface area contributed by atoms with Gasteiger partial charge < -0.3 is 9.80 Å². The van der Waals surface area contributed by atoms with Crippen LogP contribution in [0.15, 0.2) is 66.9 Å². The van der Waals surface area contributed by atoms with Crippen molar-refractivity contribution in [2.45, 2.75) is 52.1 Å². The fraction of sp³-hybridized carbons (Fsp3) is 0.333. The molecule has 1 fully saturated rings. The van der Waals surface area contributed by atoms with Gasteiger partial charge in [0.05, 0.1) is 11.4 Å². The van der Waals surface area contributed by atoms with Crippen LogP contribution in [0.1, 0.15) is 56.1 Å². The van der Waals surface area contributed by atoms with Gasteiger partial charge in [0, 0.05) is 38.0 Å². The van der Waals surface area contributed by atoms with Gasteiger partial charge in [0.15, 0.2) is 0 Å². The second-order valence-corrected chi connectivity index (χ2v) is 11.2. The summed E-state index contributed by atoms with van der Waals surface area (Å²) in [4.78, 5) is 47.9. The van der Waals surface area contributed by atoms with Crippen LogP contribution in [0, 0.1) is 0 Å². The molecule has 4 amide bonds. The molecule has 0 saturated carbocycles. The van der Waals surface area contributed by atoms with E-state index in [0.717, 1.165) is 22.4 Å². The van der Waals surface area contributed by atoms with E-state index in [0.29, 0.717) is 11.3 Å². The summed E-state index contributed by atoms with van der Waals surface area (Å²) in [5.74, 6) is -0.318. The van der Waals surface area contributed by atoms with Crippen LogP contribution in [0.3, 0.4) is 0 Å². The predicted octanol–water partition coefficient (Wildman–Crippen LogP) is 5.50. The van der Waals surface area contributed by atoms with Crippen molar-refractivity contribution in [2.24, 2.45) is 0 Å². The number of imide groups is 1. The maximum absolute atomic E-state index is 13.5. The lowest BCUT2D eigenvalue weighted by atomic mass is 9.87. The molecule has 4 rings (SSSR count). The second-order valence-electron chi connectivity index (χ2n) is 11.2. The molecule has 192 valence electrons. The monoisotopic (exact) mass is 498 g/mol. The van der Waals surface area contributed by atoms with Crippen molar-refractivity contribution in [3.63, 3.8) is 0 Å². The summed E-state index contributed by atoms with van der Waals surface area (Å²) in [6.07, 6.45) is 1.70. The number of anilines is 1. The number of rotatable bonds is 5. The quantitative estimate of drug-likeness (QED) is 0.436. The van der Waals surface area contributed by atoms with E-state index in [1.807, 2.05) is 48.5 Å². The molecule has 37 heavy (non-hydrogen) atoms. The number of hydrogen-bond acceptors (Lipinski definition) is 4. The van der Waals surface area contributed by atoms with Gasteiger partial charge in [-0.3, -0.25) is 14.6 Å². The average molecular weight is 499 g/mol. The van der Waals surface area contributed by atoms with E-state index in [2.05, 4.69) is 25.8 Å². The minimum Gasteiger partial charge on any atom is -0.345 e. The molecular weight excluding hydrogens is 464 g/mol. The number of carbonyl (C=O) groups excluding carboxylic acids is 3. The maximum atomic E-state index is 13.5. The molecule has 7 heteroatoms. The third kappa shape index (κ3) is 4.99. The molecular formula is C30H34N4O3. The lowest BCUT2D eigenvalue weighted by Gasteiger charge is -2.27. The van der Waals surface area contributed by atoms with E-state index in [1.165, 1.54) is 9.80 Å². The number of benzene rings is 2. The number of carbonyl (C=O) groups is 3. The molecule has 1 saturated heterocycles. The fourth-order valence-electron chi connectivity index (χ4n) is 4.39. The number of pyridine rings is 1. The Hall–Kier alpha value is -4.00. The molecule has 3 aromatic rings. The van der Waals surface area contributed by atoms with Crippen LogP contribution in [0.5, 0.6) is 0 Å². The van der Waals surface area contributed by atoms with Crippen molar-refractivity contribution in [1.82, 2.24) is 14.8 Å². The molecule has 0 aliphatic carbocycles. The van der Waals surface area contributed by atoms with Gasteiger partial charge in [-0.15, -0.1) is 0 Å². The van der Waals surface area contributed by atoms with E-state index in [9.17, 15) is 14.4 Å². The molecule has 2 aromatic carbocycles. The number of hydrogen-bond donors (Lipinski definition) is 0. The lowest BCUT2D eigenvalue weighted by molar-refractivity contribution is -0.123. The SMILES string of the molecule is CN(C)C(=O)c1ccc(-c2cc(CN3C(=O)N(c4ccc(C(C)(C)C)cc4)C(=O)C3(C)C)ccn2)cc1. The van der Waals surface area contributed by atoms with E-state index < -0.39 is 5.54 Å². The topological polar surface area (TPSA) is 73.8 Å². The van der Waals surface area contributed by atoms with E-state index in [1.54, 1.807) is 51.2 Å². The molecule has 7 nitrogen and oxygen atoms in total. The van der Waals surface area contributed by atoms with Crippen LogP contribution in [0.25, 0.3) is 11.3 Å². The first-order chi connectivity index (χ1) is 17.3. The number of amides is 4. The van der Waals surface area contributed by atoms with Crippen molar-refractivity contribution >= 4 is 23.5 Å². The van der Waals surface area contributed by atoms with Crippen molar-refractivity contribution in [3.8, 4) is 11.3 Å². The third-order valence-corrected chi connectivity index (χ3v) is 6.81. The van der Waals surface area contributed by atoms with Crippen LogP contribution < -0.4 is 4.90 Å². The van der Waals surface area contributed by atoms with Gasteiger partial charge >= 0.3 is 6.03 Å². The van der Waals surface area contributed by atoms with Crippen molar-refractivity contribution in [1.29, 1.82) is 0 Å². The molecule has 1 aliphatic heterocycles. The van der Waals surface area contributed by atoms with Gasteiger partial charge in [0.25, 0.3) is 11.8 Å². The summed E-state index contributed by atoms with van der Waals surface area (Å²) >= 11 is 0. The first kappa shape index (κ1) is 26.1. The first-order valence-corrected chi connectivity index (χ1v) is 12.3. The maximum Gasteiger partial charge on any atom is 0.332 e. The zero-order valence-electron chi connectivity index (χ0n) is 22.6. The van der Waals surface area contributed by atoms with Crippen LogP contribution in [0.2, 0.25) is 0 Å². The van der Waals surface area contributed by atoms with E-state index >= 15 is 0 Å². The second kappa shape index (κ2) is 9.47. The normalized spacial score (nSPS) is 15.3. The van der Waals surface area contributed by atoms with Gasteiger partial charge in [-0.1, -0.05) is 45.0 Å². The zero-order valence-corrected chi connectivity index (χ0v) is 22.6. The molecule has 0 atom stereocenters. The average Bonchev–Trinajstić information content (AvgIpc) is 3.02. The summed E-state index contributed by atoms with van der Waals surface area (Å²) < 4.78 is 0. The van der Waals surface area contributed by atoms with Crippen LogP contribution >= 0.6 is 0 Å². The highest BCUT2D eigenvalue weighted by Gasteiger charge is 2.51. The zero-order chi connectivity index (χ0) is 27.1. The highest BCUT2D eigenvalue weighted by atomic mass is 16.2. The highest BCUT2D eigenvalue weighted by Crippen LogP contribution is 2.34. The van der Waals surface area contributed by atoms with E-state index in [-0.39, 0.29) is 29.8 Å². The van der Waals surface area contributed by atoms with Crippen molar-refractivity contribution in [3.05, 3.63) is 83.6 Å². The standard InChI is InChI=1S/C30H34N4O3/c1-29(2,3)23-12-14-24(15-13-23)34-27(36)30(4,5)33(28(34)37)19-20-16-17-31-25(18-20)21-8-10-22(11-9-21)26(35)32(6)7/h8-18H,19H2,1-7H3. The fourth-order valence-corrected chi connectivity index (χ4v) is 4.39. The molecule has 1 aliphatic rings. The molecule has 0 bridgehead atoms. The molecule has 2 heterocycles. The van der Waals surface area contributed by atoms with Gasteiger partial charge in [-0.05, 0) is 66.8 Å². The molecule has 0 radical (unpaired) electrons. The molecule has 0 N–H and O–H groups in total. The van der Waals surface area contributed by atoms with Crippen LogP contribution in [0.4, 0.5) is 10.5 Å². The lowest BCUT2D eigenvalue weighted by Crippen LogP contribution is -2.43. The Morgan fingerprint density at radius 2 is 1.57 bits per heavy atom. The molecule has 0 spiro atoms. The first-order valence-electron chi connectivity index (χ1n) is 12.3. The van der Waals surface area contributed by atoms with E-state index in [4.69, 9.17) is 0 Å². The smallest absolute Gasteiger partial charge is 0.332 e. The Bertz CT molecular complexity index is 1340. The van der Waals surface area contributed by atoms with Crippen LogP contribution in [-0.4, -0.2) is 52.3 Å². The summed E-state index contributed by atoms with van der Waals surface area (Å²) in [5.41, 5.74) is 3.73. The number of urea groups is 1. The Morgan fingerprint density at radius 1 is 0.946 bits per heavy atom. The summed E-state index contributed by atoms with van der Waals surface area (Å²) in [7, 11) is 3.43. The summed E-state index contributed by atoms with van der Waals surface area (Å²) in [6, 6.07) is 18.3. The summed E-state index contributed by atoms with van der Waals surface area (Å²) in [6.45, 7) is 10.2. The molecule has 0 unspecified atom stereocenters. The van der Waals surface area contributed by atoms with Gasteiger partial charge in [0.1, 0.15) is 5.54 Å². The third-order valence-electron chi connectivity index (χ3n) is 6.81. The highest BCUT2D eigenvalue weighted by molar-refractivity contribution is 6.22. The van der Waals surface area contributed by atoms with Crippen molar-refractivity contribution < 1.29 is 14.4 Å². The van der Waals surface area contributed by atoms with Crippen molar-refractivity contribution in [2.75, 3.05) is 19.0 Å². The number of nitrogens with zero attached hydrogens (tertiary/aromatic N) is 4. The summed E-state index contributed by atoms with van der Waals surface area (Å²) in [5, 5.41) is 0. The molecule has 1 aromatic heterocycles. The Balaban J connectivity index is 1.58. The van der Waals surface area contributed by atoms with Crippen LogP contribution in [-0.2, 0) is 16.8 Å². The van der Waals surface area contributed by atoms with Gasteiger partial charge in [0.2, 0.25) is 0 Å². The number of aromatic nitrogens is 1. The Kier molecular flexibility index (Phi) is 6.67.